The van der Waals surface area contributed by atoms with Gasteiger partial charge in [0.2, 0.25) is 0 Å². The van der Waals surface area contributed by atoms with Crippen LogP contribution in [0.25, 0.3) is 0 Å². The molecule has 0 radical (unpaired) electrons. The number of amides is 1. The Morgan fingerprint density at radius 3 is 2.81 bits per heavy atom. The summed E-state index contributed by atoms with van der Waals surface area (Å²) < 4.78 is 0. The molecule has 1 aromatic rings. The second-order valence-electron chi connectivity index (χ2n) is 3.44. The number of nitrogens with zero attached hydrogens (tertiary/aromatic N) is 1. The van der Waals surface area contributed by atoms with Crippen LogP contribution in [0.3, 0.4) is 0 Å². The lowest BCUT2D eigenvalue weighted by atomic mass is 10.2. The van der Waals surface area contributed by atoms with Crippen LogP contribution in [0.4, 0.5) is 10.5 Å². The van der Waals surface area contributed by atoms with E-state index in [1.54, 1.807) is 18.8 Å². The SMILES string of the molecule is CCSc1ccc(N)cc1CN(C)C(=O)O. The van der Waals surface area contributed by atoms with Gasteiger partial charge < -0.3 is 15.7 Å². The molecular weight excluding hydrogens is 224 g/mol. The molecule has 0 unspecified atom stereocenters. The quantitative estimate of drug-likeness (QED) is 0.627. The molecule has 0 spiro atoms. The van der Waals surface area contributed by atoms with Crippen molar-refractivity contribution < 1.29 is 9.90 Å². The highest BCUT2D eigenvalue weighted by Gasteiger charge is 2.10. The summed E-state index contributed by atoms with van der Waals surface area (Å²) in [7, 11) is 1.55. The maximum Gasteiger partial charge on any atom is 0.407 e. The third-order valence-electron chi connectivity index (χ3n) is 2.12. The Kier molecular flexibility index (Phi) is 4.49. The van der Waals surface area contributed by atoms with Crippen LogP contribution in [0.2, 0.25) is 0 Å². The van der Waals surface area contributed by atoms with Gasteiger partial charge in [-0.25, -0.2) is 4.79 Å². The molecule has 0 aliphatic carbocycles. The van der Waals surface area contributed by atoms with Gasteiger partial charge in [-0.2, -0.15) is 0 Å². The zero-order valence-corrected chi connectivity index (χ0v) is 10.3. The van der Waals surface area contributed by atoms with Crippen LogP contribution in [0.5, 0.6) is 0 Å². The normalized spacial score (nSPS) is 10.1. The van der Waals surface area contributed by atoms with Crippen molar-refractivity contribution in [3.8, 4) is 0 Å². The minimum Gasteiger partial charge on any atom is -0.465 e. The van der Waals surface area contributed by atoms with Crippen molar-refractivity contribution in [1.82, 2.24) is 4.90 Å². The molecule has 0 fully saturated rings. The number of nitrogens with two attached hydrogens (primary N) is 1. The van der Waals surface area contributed by atoms with Gasteiger partial charge in [0.15, 0.2) is 0 Å². The van der Waals surface area contributed by atoms with E-state index in [-0.39, 0.29) is 0 Å². The van der Waals surface area contributed by atoms with Crippen LogP contribution < -0.4 is 5.73 Å². The van der Waals surface area contributed by atoms with Crippen molar-refractivity contribution in [3.05, 3.63) is 23.8 Å². The van der Waals surface area contributed by atoms with E-state index in [0.717, 1.165) is 16.2 Å². The Hall–Kier alpha value is -1.36. The summed E-state index contributed by atoms with van der Waals surface area (Å²) in [5.41, 5.74) is 7.32. The third kappa shape index (κ3) is 3.34. The van der Waals surface area contributed by atoms with Crippen molar-refractivity contribution >= 4 is 23.5 Å². The van der Waals surface area contributed by atoms with Crippen molar-refractivity contribution in [2.24, 2.45) is 0 Å². The maximum absolute atomic E-state index is 10.7. The molecule has 0 heterocycles. The number of hydrogen-bond acceptors (Lipinski definition) is 3. The average Bonchev–Trinajstić information content (AvgIpc) is 2.22. The van der Waals surface area contributed by atoms with E-state index in [0.29, 0.717) is 12.2 Å². The number of nitrogen functional groups attached to an aromatic ring is 1. The predicted octanol–water partition coefficient (Wildman–Crippen LogP) is 2.49. The minimum absolute atomic E-state index is 0.364. The lowest BCUT2D eigenvalue weighted by Gasteiger charge is -2.16. The Balaban J connectivity index is 2.91. The zero-order valence-electron chi connectivity index (χ0n) is 9.43. The number of thioether (sulfide) groups is 1. The molecule has 4 nitrogen and oxygen atoms in total. The molecule has 0 bridgehead atoms. The largest absolute Gasteiger partial charge is 0.465 e. The van der Waals surface area contributed by atoms with Gasteiger partial charge in [-0.3, -0.25) is 0 Å². The van der Waals surface area contributed by atoms with Gasteiger partial charge in [0.05, 0.1) is 0 Å². The predicted molar refractivity (Wildman–Crippen MR) is 66.7 cm³/mol. The molecule has 0 aromatic heterocycles. The molecule has 0 saturated carbocycles. The average molecular weight is 240 g/mol. The molecule has 0 aliphatic rings. The van der Waals surface area contributed by atoms with E-state index in [4.69, 9.17) is 10.8 Å². The number of benzene rings is 1. The Morgan fingerprint density at radius 2 is 2.25 bits per heavy atom. The molecule has 0 saturated heterocycles. The first-order chi connectivity index (χ1) is 7.54. The van der Waals surface area contributed by atoms with Gasteiger partial charge in [0, 0.05) is 24.2 Å². The summed E-state index contributed by atoms with van der Waals surface area (Å²) in [4.78, 5) is 13.1. The summed E-state index contributed by atoms with van der Waals surface area (Å²) in [6, 6.07) is 5.61. The molecule has 1 amide bonds. The summed E-state index contributed by atoms with van der Waals surface area (Å²) in [5, 5.41) is 8.82. The molecule has 1 aromatic carbocycles. The zero-order chi connectivity index (χ0) is 12.1. The Labute approximate surface area is 99.4 Å². The fourth-order valence-corrected chi connectivity index (χ4v) is 2.13. The molecule has 16 heavy (non-hydrogen) atoms. The number of anilines is 1. The molecule has 0 atom stereocenters. The van der Waals surface area contributed by atoms with E-state index < -0.39 is 6.09 Å². The van der Waals surface area contributed by atoms with Gasteiger partial charge >= 0.3 is 6.09 Å². The van der Waals surface area contributed by atoms with E-state index in [1.165, 1.54) is 4.90 Å². The standard InChI is InChI=1S/C11H16N2O2S/c1-3-16-10-5-4-9(12)6-8(10)7-13(2)11(14)15/h4-6H,3,7,12H2,1-2H3,(H,14,15). The molecular formula is C11H16N2O2S. The number of rotatable bonds is 4. The number of carboxylic acid groups (broad SMARTS) is 1. The van der Waals surface area contributed by atoms with Crippen LogP contribution in [-0.2, 0) is 6.54 Å². The van der Waals surface area contributed by atoms with Crippen molar-refractivity contribution in [3.63, 3.8) is 0 Å². The highest BCUT2D eigenvalue weighted by atomic mass is 32.2. The first kappa shape index (κ1) is 12.7. The fraction of sp³-hybridized carbons (Fsp3) is 0.364. The van der Waals surface area contributed by atoms with Gasteiger partial charge in [-0.1, -0.05) is 6.92 Å². The van der Waals surface area contributed by atoms with E-state index in [1.807, 2.05) is 18.2 Å². The summed E-state index contributed by atoms with van der Waals surface area (Å²) in [5.74, 6) is 0.952. The summed E-state index contributed by atoms with van der Waals surface area (Å²) in [6.07, 6.45) is -0.935. The Bertz CT molecular complexity index is 382. The molecule has 3 N–H and O–H groups in total. The minimum atomic E-state index is -0.935. The van der Waals surface area contributed by atoms with E-state index in [2.05, 4.69) is 6.92 Å². The third-order valence-corrected chi connectivity index (χ3v) is 3.12. The van der Waals surface area contributed by atoms with Gasteiger partial charge in [-0.15, -0.1) is 11.8 Å². The lowest BCUT2D eigenvalue weighted by Crippen LogP contribution is -2.24. The van der Waals surface area contributed by atoms with Gasteiger partial charge in [0.25, 0.3) is 0 Å². The molecule has 5 heteroatoms. The number of carbonyl (C=O) groups is 1. The smallest absolute Gasteiger partial charge is 0.407 e. The van der Waals surface area contributed by atoms with Crippen molar-refractivity contribution in [1.29, 1.82) is 0 Å². The fourth-order valence-electron chi connectivity index (χ4n) is 1.34. The van der Waals surface area contributed by atoms with Crippen LogP contribution in [0.15, 0.2) is 23.1 Å². The van der Waals surface area contributed by atoms with Crippen molar-refractivity contribution in [2.45, 2.75) is 18.4 Å². The Morgan fingerprint density at radius 1 is 1.56 bits per heavy atom. The van der Waals surface area contributed by atoms with Crippen LogP contribution in [0.1, 0.15) is 12.5 Å². The first-order valence-electron chi connectivity index (χ1n) is 4.99. The monoisotopic (exact) mass is 240 g/mol. The highest BCUT2D eigenvalue weighted by Crippen LogP contribution is 2.25. The summed E-state index contributed by atoms with van der Waals surface area (Å²) >= 11 is 1.69. The second-order valence-corrected chi connectivity index (χ2v) is 4.74. The summed E-state index contributed by atoms with van der Waals surface area (Å²) in [6.45, 7) is 2.43. The van der Waals surface area contributed by atoms with Crippen LogP contribution in [0, 0.1) is 0 Å². The number of hydrogen-bond donors (Lipinski definition) is 2. The molecule has 88 valence electrons. The van der Waals surface area contributed by atoms with Crippen LogP contribution >= 0.6 is 11.8 Å². The van der Waals surface area contributed by atoms with Gasteiger partial charge in [0.1, 0.15) is 0 Å². The molecule has 1 rings (SSSR count). The maximum atomic E-state index is 10.7. The van der Waals surface area contributed by atoms with Crippen LogP contribution in [-0.4, -0.2) is 28.9 Å². The second kappa shape index (κ2) is 5.65. The van der Waals surface area contributed by atoms with E-state index in [9.17, 15) is 4.79 Å². The topological polar surface area (TPSA) is 66.6 Å². The lowest BCUT2D eigenvalue weighted by molar-refractivity contribution is 0.153. The van der Waals surface area contributed by atoms with Crippen molar-refractivity contribution in [2.75, 3.05) is 18.5 Å². The molecule has 0 aliphatic heterocycles. The van der Waals surface area contributed by atoms with E-state index >= 15 is 0 Å². The highest BCUT2D eigenvalue weighted by molar-refractivity contribution is 7.99. The first-order valence-corrected chi connectivity index (χ1v) is 5.98. The van der Waals surface area contributed by atoms with Gasteiger partial charge in [-0.05, 0) is 29.5 Å².